The smallest absolute Gasteiger partial charge is 0.310 e. The second-order valence-electron chi connectivity index (χ2n) is 7.70. The van der Waals surface area contributed by atoms with Crippen molar-refractivity contribution in [2.75, 3.05) is 52.8 Å². The van der Waals surface area contributed by atoms with Crippen LogP contribution in [0.2, 0.25) is 0 Å². The first-order valence-corrected chi connectivity index (χ1v) is 10.2. The number of carbonyl (C=O) groups excluding carboxylic acids is 1. The van der Waals surface area contributed by atoms with Crippen LogP contribution in [0, 0.1) is 21.4 Å². The predicted molar refractivity (Wildman–Crippen MR) is 118 cm³/mol. The summed E-state index contributed by atoms with van der Waals surface area (Å²) in [5.74, 6) is 0.301. The van der Waals surface area contributed by atoms with Crippen molar-refractivity contribution in [1.29, 1.82) is 5.26 Å². The van der Waals surface area contributed by atoms with Gasteiger partial charge in [0.25, 0.3) is 5.91 Å². The SMILES string of the molecule is COc1nc(NC2CCN(C(=O)c3ccc([N+](=O)[O-])c(OCCN(C)C)c3)C2)ncc1C#N. The number of nitriles is 1. The number of aromatic nitrogens is 2. The van der Waals surface area contributed by atoms with Gasteiger partial charge in [0.05, 0.1) is 18.2 Å². The minimum Gasteiger partial charge on any atom is -0.485 e. The Morgan fingerprint density at radius 3 is 2.91 bits per heavy atom. The molecule has 1 N–H and O–H groups in total. The summed E-state index contributed by atoms with van der Waals surface area (Å²) in [5, 5.41) is 23.5. The zero-order chi connectivity index (χ0) is 24.0. The van der Waals surface area contributed by atoms with Crippen molar-refractivity contribution in [1.82, 2.24) is 19.8 Å². The lowest BCUT2D eigenvalue weighted by Gasteiger charge is -2.18. The van der Waals surface area contributed by atoms with E-state index >= 15 is 0 Å². The lowest BCUT2D eigenvalue weighted by molar-refractivity contribution is -0.385. The second-order valence-corrected chi connectivity index (χ2v) is 7.70. The number of likely N-dealkylation sites (N-methyl/N-ethyl adjacent to an activating group) is 1. The lowest BCUT2D eigenvalue weighted by atomic mass is 10.1. The Kier molecular flexibility index (Phi) is 7.57. The summed E-state index contributed by atoms with van der Waals surface area (Å²) in [5.41, 5.74) is 0.364. The normalized spacial score (nSPS) is 15.2. The molecule has 1 aromatic heterocycles. The predicted octanol–water partition coefficient (Wildman–Crippen LogP) is 1.53. The van der Waals surface area contributed by atoms with Gasteiger partial charge in [-0.2, -0.15) is 10.2 Å². The third kappa shape index (κ3) is 5.83. The highest BCUT2D eigenvalue weighted by Crippen LogP contribution is 2.29. The van der Waals surface area contributed by atoms with Crippen LogP contribution in [0.5, 0.6) is 11.6 Å². The molecule has 1 atom stereocenters. The number of ether oxygens (including phenoxy) is 2. The lowest BCUT2D eigenvalue weighted by Crippen LogP contribution is -2.32. The fraction of sp³-hybridized carbons (Fsp3) is 0.429. The van der Waals surface area contributed by atoms with Crippen molar-refractivity contribution in [2.24, 2.45) is 0 Å². The van der Waals surface area contributed by atoms with E-state index < -0.39 is 4.92 Å². The van der Waals surface area contributed by atoms with E-state index in [1.807, 2.05) is 25.1 Å². The number of amides is 1. The third-order valence-corrected chi connectivity index (χ3v) is 5.08. The molecule has 0 bridgehead atoms. The van der Waals surface area contributed by atoms with Crippen molar-refractivity contribution in [3.05, 3.63) is 45.6 Å². The number of hydrogen-bond donors (Lipinski definition) is 1. The van der Waals surface area contributed by atoms with Crippen LogP contribution in [0.15, 0.2) is 24.4 Å². The van der Waals surface area contributed by atoms with E-state index in [9.17, 15) is 14.9 Å². The van der Waals surface area contributed by atoms with Gasteiger partial charge in [0.2, 0.25) is 11.8 Å². The van der Waals surface area contributed by atoms with Crippen molar-refractivity contribution < 1.29 is 19.2 Å². The van der Waals surface area contributed by atoms with Crippen molar-refractivity contribution >= 4 is 17.5 Å². The summed E-state index contributed by atoms with van der Waals surface area (Å²) >= 11 is 0. The van der Waals surface area contributed by atoms with E-state index in [-0.39, 0.29) is 41.4 Å². The first kappa shape index (κ1) is 23.7. The van der Waals surface area contributed by atoms with Crippen molar-refractivity contribution in [2.45, 2.75) is 12.5 Å². The largest absolute Gasteiger partial charge is 0.485 e. The van der Waals surface area contributed by atoms with Gasteiger partial charge in [-0.15, -0.1) is 0 Å². The molecule has 1 fully saturated rings. The molecule has 174 valence electrons. The number of nitro groups is 1. The highest BCUT2D eigenvalue weighted by Gasteiger charge is 2.29. The molecular formula is C21H25N7O5. The number of hydrogen-bond acceptors (Lipinski definition) is 10. The monoisotopic (exact) mass is 455 g/mol. The molecule has 1 unspecified atom stereocenters. The fourth-order valence-corrected chi connectivity index (χ4v) is 3.35. The zero-order valence-corrected chi connectivity index (χ0v) is 18.6. The molecule has 1 aromatic carbocycles. The first-order valence-electron chi connectivity index (χ1n) is 10.2. The van der Waals surface area contributed by atoms with Gasteiger partial charge in [-0.3, -0.25) is 14.9 Å². The molecule has 0 radical (unpaired) electrons. The quantitative estimate of drug-likeness (QED) is 0.436. The summed E-state index contributed by atoms with van der Waals surface area (Å²) in [6, 6.07) is 6.01. The molecule has 2 heterocycles. The van der Waals surface area contributed by atoms with Crippen LogP contribution >= 0.6 is 0 Å². The Bertz CT molecular complexity index is 1070. The minimum atomic E-state index is -0.527. The standard InChI is InChI=1S/C21H25N7O5/c1-26(2)8-9-33-18-10-14(4-5-17(18)28(30)31)20(29)27-7-6-16(13-27)24-21-23-12-15(11-22)19(25-21)32-3/h4-5,10,12,16H,6-9,13H2,1-3H3,(H,23,24,25). The van der Waals surface area contributed by atoms with Crippen molar-refractivity contribution in [3.63, 3.8) is 0 Å². The summed E-state index contributed by atoms with van der Waals surface area (Å²) < 4.78 is 10.7. The van der Waals surface area contributed by atoms with Gasteiger partial charge in [-0.1, -0.05) is 0 Å². The van der Waals surface area contributed by atoms with Gasteiger partial charge in [-0.25, -0.2) is 4.98 Å². The zero-order valence-electron chi connectivity index (χ0n) is 18.6. The van der Waals surface area contributed by atoms with Crippen LogP contribution in [-0.4, -0.2) is 84.1 Å². The minimum absolute atomic E-state index is 0.0691. The molecule has 0 saturated carbocycles. The molecule has 1 amide bonds. The van der Waals surface area contributed by atoms with Gasteiger partial charge in [0.1, 0.15) is 18.2 Å². The van der Waals surface area contributed by atoms with E-state index in [0.29, 0.717) is 37.6 Å². The Morgan fingerprint density at radius 1 is 1.45 bits per heavy atom. The average Bonchev–Trinajstić information content (AvgIpc) is 3.26. The molecule has 33 heavy (non-hydrogen) atoms. The van der Waals surface area contributed by atoms with E-state index in [1.54, 1.807) is 4.90 Å². The second kappa shape index (κ2) is 10.6. The Balaban J connectivity index is 1.68. The number of rotatable bonds is 9. The Morgan fingerprint density at radius 2 is 2.24 bits per heavy atom. The number of nitrogens with one attached hydrogen (secondary N) is 1. The van der Waals surface area contributed by atoms with Gasteiger partial charge < -0.3 is 24.6 Å². The van der Waals surface area contributed by atoms with Crippen LogP contribution in [0.25, 0.3) is 0 Å². The van der Waals surface area contributed by atoms with Crippen LogP contribution in [0.1, 0.15) is 22.3 Å². The molecule has 0 aliphatic carbocycles. The highest BCUT2D eigenvalue weighted by molar-refractivity contribution is 5.95. The fourth-order valence-electron chi connectivity index (χ4n) is 3.35. The van der Waals surface area contributed by atoms with Crippen LogP contribution in [-0.2, 0) is 0 Å². The average molecular weight is 455 g/mol. The van der Waals surface area contributed by atoms with E-state index in [4.69, 9.17) is 14.7 Å². The van der Waals surface area contributed by atoms with E-state index in [1.165, 1.54) is 31.5 Å². The maximum atomic E-state index is 13.0. The van der Waals surface area contributed by atoms with Gasteiger partial charge in [0.15, 0.2) is 5.75 Å². The Hall–Kier alpha value is -3.98. The molecule has 1 aliphatic heterocycles. The molecule has 0 spiro atoms. The number of anilines is 1. The summed E-state index contributed by atoms with van der Waals surface area (Å²) in [6.45, 7) is 1.74. The maximum absolute atomic E-state index is 13.0. The molecule has 12 heteroatoms. The van der Waals surface area contributed by atoms with E-state index in [2.05, 4.69) is 15.3 Å². The first-order chi connectivity index (χ1) is 15.8. The van der Waals surface area contributed by atoms with Gasteiger partial charge in [0, 0.05) is 43.4 Å². The number of carbonyl (C=O) groups is 1. The number of likely N-dealkylation sites (tertiary alicyclic amines) is 1. The van der Waals surface area contributed by atoms with E-state index in [0.717, 1.165) is 0 Å². The number of nitro benzene ring substituents is 1. The molecule has 1 saturated heterocycles. The van der Waals surface area contributed by atoms with Crippen LogP contribution in [0.3, 0.4) is 0 Å². The molecule has 2 aromatic rings. The van der Waals surface area contributed by atoms with Gasteiger partial charge in [-0.05, 0) is 26.6 Å². The number of methoxy groups -OCH3 is 1. The summed E-state index contributed by atoms with van der Waals surface area (Å²) in [4.78, 5) is 35.7. The molecule has 1 aliphatic rings. The van der Waals surface area contributed by atoms with Crippen LogP contribution < -0.4 is 14.8 Å². The topological polar surface area (TPSA) is 147 Å². The Labute approximate surface area is 190 Å². The van der Waals surface area contributed by atoms with Crippen LogP contribution in [0.4, 0.5) is 11.6 Å². The maximum Gasteiger partial charge on any atom is 0.310 e. The highest BCUT2D eigenvalue weighted by atomic mass is 16.6. The number of nitrogens with zero attached hydrogens (tertiary/aromatic N) is 6. The summed E-state index contributed by atoms with van der Waals surface area (Å²) in [6.07, 6.45) is 2.04. The van der Waals surface area contributed by atoms with Crippen molar-refractivity contribution in [3.8, 4) is 17.7 Å². The third-order valence-electron chi connectivity index (χ3n) is 5.08. The number of benzene rings is 1. The molecule has 12 nitrogen and oxygen atoms in total. The van der Waals surface area contributed by atoms with Gasteiger partial charge >= 0.3 is 5.69 Å². The molecular weight excluding hydrogens is 430 g/mol. The molecule has 3 rings (SSSR count). The summed E-state index contributed by atoms with van der Waals surface area (Å²) in [7, 11) is 5.16.